The van der Waals surface area contributed by atoms with Crippen LogP contribution in [0, 0.1) is 24.3 Å². The number of hydrogen-bond donors (Lipinski definition) is 0. The van der Waals surface area contributed by atoms with E-state index >= 15 is 0 Å². The summed E-state index contributed by atoms with van der Waals surface area (Å²) in [5.41, 5.74) is -1.45. The largest absolute Gasteiger partial charge is 4.00 e. The minimum atomic E-state index is -4.26. The van der Waals surface area contributed by atoms with Crippen molar-refractivity contribution in [3.63, 3.8) is 0 Å². The number of halogens is 6. The van der Waals surface area contributed by atoms with Crippen LogP contribution in [0.4, 0.5) is 26.3 Å². The Hall–Kier alpha value is -2.31. The number of benzene rings is 2. The first-order valence-corrected chi connectivity index (χ1v) is 8.72. The third-order valence-corrected chi connectivity index (χ3v) is 3.20. The number of rotatable bonds is 0. The first kappa shape index (κ1) is 28.7. The van der Waals surface area contributed by atoms with Crippen molar-refractivity contribution in [2.24, 2.45) is 0 Å². The van der Waals surface area contributed by atoms with Crippen LogP contribution in [0.5, 0.6) is 0 Å². The Bertz CT molecular complexity index is 725. The van der Waals surface area contributed by atoms with Gasteiger partial charge in [0.1, 0.15) is 0 Å². The molecule has 0 N–H and O–H groups in total. The predicted molar refractivity (Wildman–Crippen MR) is 104 cm³/mol. The normalized spacial score (nSPS) is 13.1. The predicted octanol–water partition coefficient (Wildman–Crippen LogP) is 7.62. The van der Waals surface area contributed by atoms with Crippen LogP contribution in [0.3, 0.4) is 0 Å². The second-order valence-electron chi connectivity index (χ2n) is 5.55. The van der Waals surface area contributed by atoms with Gasteiger partial charge in [0.2, 0.25) is 0 Å². The molecular weight excluding hydrogens is 450 g/mol. The Labute approximate surface area is 193 Å². The molecule has 7 heteroatoms. The van der Waals surface area contributed by atoms with E-state index < -0.39 is 23.5 Å². The van der Waals surface area contributed by atoms with E-state index in [0.717, 1.165) is 25.0 Å². The molecule has 0 bridgehead atoms. The zero-order valence-electron chi connectivity index (χ0n) is 16.3. The van der Waals surface area contributed by atoms with Gasteiger partial charge in [0, 0.05) is 0 Å². The van der Waals surface area contributed by atoms with Gasteiger partial charge in [-0.3, -0.25) is 12.2 Å². The van der Waals surface area contributed by atoms with Gasteiger partial charge < -0.3 is 0 Å². The van der Waals surface area contributed by atoms with Crippen molar-refractivity contribution >= 4 is 0 Å². The molecule has 0 amide bonds. The molecule has 0 heterocycles. The summed E-state index contributed by atoms with van der Waals surface area (Å²) in [6.45, 7) is 0. The van der Waals surface area contributed by atoms with Gasteiger partial charge in [-0.1, -0.05) is 11.1 Å². The number of allylic oxidation sites excluding steroid dienone is 8. The van der Waals surface area contributed by atoms with Crippen LogP contribution in [0.15, 0.2) is 85.0 Å². The van der Waals surface area contributed by atoms with E-state index in [4.69, 9.17) is 0 Å². The Balaban J connectivity index is 0.000000401. The summed E-state index contributed by atoms with van der Waals surface area (Å²) < 4.78 is 70.5. The van der Waals surface area contributed by atoms with Crippen LogP contribution < -0.4 is 0 Å². The third kappa shape index (κ3) is 14.4. The topological polar surface area (TPSA) is 0 Å². The molecule has 0 unspecified atom stereocenters. The van der Waals surface area contributed by atoms with Crippen molar-refractivity contribution in [3.8, 4) is 0 Å². The van der Waals surface area contributed by atoms with E-state index in [2.05, 4.69) is 36.4 Å². The molecule has 0 aromatic heterocycles. The molecule has 0 nitrogen and oxygen atoms in total. The van der Waals surface area contributed by atoms with E-state index in [-0.39, 0.29) is 21.7 Å². The molecule has 0 saturated heterocycles. The van der Waals surface area contributed by atoms with Crippen molar-refractivity contribution in [1.82, 2.24) is 0 Å². The fraction of sp³-hybridized carbons (Fsp3) is 0.167. The summed E-state index contributed by atoms with van der Waals surface area (Å²) >= 11 is 0. The van der Waals surface area contributed by atoms with Gasteiger partial charge in [-0.25, -0.2) is 24.3 Å². The smallest absolute Gasteiger partial charge is 0.273 e. The fourth-order valence-electron chi connectivity index (χ4n) is 1.82. The Kier molecular flexibility index (Phi) is 14.3. The van der Waals surface area contributed by atoms with E-state index in [1.807, 2.05) is 24.3 Å². The first-order chi connectivity index (χ1) is 14.2. The van der Waals surface area contributed by atoms with E-state index in [0.29, 0.717) is 0 Å². The minimum absolute atomic E-state index is 0. The van der Waals surface area contributed by atoms with Gasteiger partial charge in [0.15, 0.2) is 0 Å². The monoisotopic (exact) mass is 468 g/mol. The van der Waals surface area contributed by atoms with Crippen LogP contribution in [-0.2, 0) is 34.1 Å². The second-order valence-corrected chi connectivity index (χ2v) is 5.55. The van der Waals surface area contributed by atoms with Crippen LogP contribution in [0.25, 0.3) is 0 Å². The van der Waals surface area contributed by atoms with E-state index in [9.17, 15) is 26.3 Å². The molecule has 2 aromatic carbocycles. The van der Waals surface area contributed by atoms with Gasteiger partial charge in [0.25, 0.3) is 0 Å². The summed E-state index contributed by atoms with van der Waals surface area (Å²) in [7, 11) is 0. The molecule has 2 aromatic rings. The van der Waals surface area contributed by atoms with Gasteiger partial charge >= 0.3 is 34.1 Å². The van der Waals surface area contributed by atoms with Crippen LogP contribution >= 0.6 is 0 Å². The van der Waals surface area contributed by atoms with Crippen LogP contribution in [0.2, 0.25) is 0 Å². The molecule has 0 spiro atoms. The summed E-state index contributed by atoms with van der Waals surface area (Å²) in [5, 5.41) is 0. The summed E-state index contributed by atoms with van der Waals surface area (Å²) in [6, 6.07) is 14.3. The van der Waals surface area contributed by atoms with Crippen molar-refractivity contribution in [2.75, 3.05) is 0 Å². The fourth-order valence-corrected chi connectivity index (χ4v) is 1.82. The summed E-state index contributed by atoms with van der Waals surface area (Å²) in [4.78, 5) is 0. The maximum Gasteiger partial charge on any atom is 4.00 e. The molecule has 31 heavy (non-hydrogen) atoms. The minimum Gasteiger partial charge on any atom is -0.273 e. The number of alkyl halides is 6. The molecule has 160 valence electrons. The van der Waals surface area contributed by atoms with Gasteiger partial charge in [-0.05, 0) is 0 Å². The molecule has 2 aliphatic carbocycles. The molecular formula is C24H18F6Ti. The maximum atomic E-state index is 11.8. The Morgan fingerprint density at radius 3 is 1.13 bits per heavy atom. The van der Waals surface area contributed by atoms with Gasteiger partial charge in [-0.15, -0.1) is 12.8 Å². The van der Waals surface area contributed by atoms with E-state index in [1.165, 1.54) is 36.4 Å². The van der Waals surface area contributed by atoms with Crippen LogP contribution in [0.1, 0.15) is 24.0 Å². The summed E-state index contributed by atoms with van der Waals surface area (Å²) in [5.74, 6) is 0. The molecule has 2 aliphatic rings. The second kappa shape index (κ2) is 15.5. The van der Waals surface area contributed by atoms with Gasteiger partial charge in [0.05, 0.1) is 0 Å². The SMILES string of the molecule is FC(F)(F)c1[c-]cccc1.FC(F)(F)c1[c-]cccc1.[C-]1=CC=CC1.[C-]1=CC=CC1.[Ti+4]. The number of hydrogen-bond acceptors (Lipinski definition) is 0. The summed E-state index contributed by atoms with van der Waals surface area (Å²) in [6.07, 6.45) is 11.5. The Morgan fingerprint density at radius 1 is 0.613 bits per heavy atom. The van der Waals surface area contributed by atoms with Crippen molar-refractivity contribution in [2.45, 2.75) is 25.2 Å². The average Bonchev–Trinajstić information content (AvgIpc) is 3.47. The van der Waals surface area contributed by atoms with Gasteiger partial charge in [-0.2, -0.15) is 99.2 Å². The van der Waals surface area contributed by atoms with Crippen molar-refractivity contribution in [1.29, 1.82) is 0 Å². The zero-order chi connectivity index (χ0) is 22.3. The quantitative estimate of drug-likeness (QED) is 0.212. The maximum absolute atomic E-state index is 11.8. The molecule has 0 atom stereocenters. The first-order valence-electron chi connectivity index (χ1n) is 8.72. The molecule has 0 radical (unpaired) electrons. The molecule has 4 rings (SSSR count). The molecule has 0 fully saturated rings. The van der Waals surface area contributed by atoms with E-state index in [1.54, 1.807) is 0 Å². The average molecular weight is 468 g/mol. The van der Waals surface area contributed by atoms with Crippen molar-refractivity contribution < 1.29 is 48.1 Å². The van der Waals surface area contributed by atoms with Crippen molar-refractivity contribution in [3.05, 3.63) is 120 Å². The standard InChI is InChI=1S/2C7H4F3.2C5H5.Ti/c2*8-7(9,10)6-4-2-1-3-5-6;2*1-2-4-5-3-1;/h2*1-4H;2*1-3H,4H2;/q4*-1;+4. The van der Waals surface area contributed by atoms with Crippen LogP contribution in [-0.4, -0.2) is 0 Å². The zero-order valence-corrected chi connectivity index (χ0v) is 17.8. The third-order valence-electron chi connectivity index (χ3n) is 3.20. The molecule has 0 aliphatic heterocycles. The Morgan fingerprint density at radius 2 is 1.00 bits per heavy atom. The molecule has 0 saturated carbocycles.